The van der Waals surface area contributed by atoms with Gasteiger partial charge in [0.1, 0.15) is 18.1 Å². The molecule has 5 heteroatoms. The molecule has 132 valence electrons. The van der Waals surface area contributed by atoms with Crippen LogP contribution in [0.5, 0.6) is 11.5 Å². The zero-order chi connectivity index (χ0) is 17.8. The Morgan fingerprint density at radius 2 is 2.16 bits per heavy atom. The molecule has 0 bridgehead atoms. The minimum absolute atomic E-state index is 0.0113. The van der Waals surface area contributed by atoms with E-state index in [9.17, 15) is 4.79 Å². The second kappa shape index (κ2) is 7.79. The molecule has 2 aromatic carbocycles. The highest BCUT2D eigenvalue weighted by atomic mass is 35.5. The highest BCUT2D eigenvalue weighted by Gasteiger charge is 2.25. The number of benzene rings is 2. The van der Waals surface area contributed by atoms with Crippen molar-refractivity contribution in [1.82, 2.24) is 5.32 Å². The van der Waals surface area contributed by atoms with Crippen molar-refractivity contribution in [2.75, 3.05) is 20.3 Å². The van der Waals surface area contributed by atoms with Crippen molar-refractivity contribution >= 4 is 17.5 Å². The summed E-state index contributed by atoms with van der Waals surface area (Å²) in [6, 6.07) is 11.6. The smallest absolute Gasteiger partial charge is 0.226 e. The molecular formula is C20H22ClNO3. The maximum absolute atomic E-state index is 12.4. The Labute approximate surface area is 153 Å². The number of fused-ring (bicyclic) bond motifs is 1. The van der Waals surface area contributed by atoms with E-state index in [2.05, 4.69) is 11.4 Å². The van der Waals surface area contributed by atoms with E-state index < -0.39 is 0 Å². The Hall–Kier alpha value is -2.20. The van der Waals surface area contributed by atoms with Crippen LogP contribution < -0.4 is 14.8 Å². The van der Waals surface area contributed by atoms with Crippen LogP contribution in [0.15, 0.2) is 36.4 Å². The molecule has 25 heavy (non-hydrogen) atoms. The SMILES string of the molecule is COc1ccc(C)cc1CCNC(=O)[C@H]1COc2ccc(Cl)cc2C1. The summed E-state index contributed by atoms with van der Waals surface area (Å²) in [4.78, 5) is 12.4. The lowest BCUT2D eigenvalue weighted by molar-refractivity contribution is -0.126. The highest BCUT2D eigenvalue weighted by Crippen LogP contribution is 2.29. The fourth-order valence-electron chi connectivity index (χ4n) is 3.10. The third kappa shape index (κ3) is 4.26. The molecule has 0 fully saturated rings. The average molecular weight is 360 g/mol. The fourth-order valence-corrected chi connectivity index (χ4v) is 3.29. The van der Waals surface area contributed by atoms with Crippen molar-refractivity contribution in [3.05, 3.63) is 58.1 Å². The van der Waals surface area contributed by atoms with E-state index >= 15 is 0 Å². The number of hydrogen-bond acceptors (Lipinski definition) is 3. The van der Waals surface area contributed by atoms with Crippen LogP contribution >= 0.6 is 11.6 Å². The van der Waals surface area contributed by atoms with E-state index in [0.717, 1.165) is 29.0 Å². The third-order valence-corrected chi connectivity index (χ3v) is 4.66. The van der Waals surface area contributed by atoms with E-state index in [1.165, 1.54) is 5.56 Å². The van der Waals surface area contributed by atoms with Crippen LogP contribution in [0.2, 0.25) is 5.02 Å². The van der Waals surface area contributed by atoms with Gasteiger partial charge < -0.3 is 14.8 Å². The number of hydrogen-bond donors (Lipinski definition) is 1. The molecular weight excluding hydrogens is 338 g/mol. The van der Waals surface area contributed by atoms with Crippen LogP contribution in [0.25, 0.3) is 0 Å². The van der Waals surface area contributed by atoms with Crippen molar-refractivity contribution in [3.8, 4) is 11.5 Å². The molecule has 0 radical (unpaired) electrons. The largest absolute Gasteiger partial charge is 0.496 e. The summed E-state index contributed by atoms with van der Waals surface area (Å²) in [5, 5.41) is 3.67. The van der Waals surface area contributed by atoms with E-state index in [-0.39, 0.29) is 11.8 Å². The van der Waals surface area contributed by atoms with Crippen molar-refractivity contribution in [2.45, 2.75) is 19.8 Å². The predicted molar refractivity (Wildman–Crippen MR) is 98.6 cm³/mol. The van der Waals surface area contributed by atoms with Gasteiger partial charge in [0.25, 0.3) is 0 Å². The van der Waals surface area contributed by atoms with E-state index in [1.807, 2.05) is 31.2 Å². The Bertz CT molecular complexity index is 776. The van der Waals surface area contributed by atoms with Crippen LogP contribution in [0, 0.1) is 12.8 Å². The van der Waals surface area contributed by atoms with Crippen LogP contribution in [-0.4, -0.2) is 26.2 Å². The van der Waals surface area contributed by atoms with Gasteiger partial charge in [0.05, 0.1) is 13.0 Å². The van der Waals surface area contributed by atoms with Crippen molar-refractivity contribution in [1.29, 1.82) is 0 Å². The number of aryl methyl sites for hydroxylation is 1. The number of ether oxygens (including phenoxy) is 2. The van der Waals surface area contributed by atoms with Crippen LogP contribution in [0.3, 0.4) is 0 Å². The molecule has 1 aliphatic heterocycles. The summed E-state index contributed by atoms with van der Waals surface area (Å²) in [6.07, 6.45) is 1.38. The number of carbonyl (C=O) groups is 1. The fraction of sp³-hybridized carbons (Fsp3) is 0.350. The molecule has 2 aromatic rings. The standard InChI is InChI=1S/C20H22ClNO3/c1-13-3-5-18(24-2)14(9-13)7-8-22-20(23)16-10-15-11-17(21)4-6-19(15)25-12-16/h3-6,9,11,16H,7-8,10,12H2,1-2H3,(H,22,23)/t16-/m1/s1. The molecule has 1 aliphatic rings. The quantitative estimate of drug-likeness (QED) is 0.887. The monoisotopic (exact) mass is 359 g/mol. The van der Waals surface area contributed by atoms with E-state index in [1.54, 1.807) is 13.2 Å². The number of methoxy groups -OCH3 is 1. The first-order chi connectivity index (χ1) is 12.1. The number of halogens is 1. The molecule has 1 heterocycles. The van der Waals surface area contributed by atoms with Crippen LogP contribution in [-0.2, 0) is 17.6 Å². The molecule has 0 saturated heterocycles. The molecule has 0 saturated carbocycles. The van der Waals surface area contributed by atoms with E-state index in [0.29, 0.717) is 24.6 Å². The third-order valence-electron chi connectivity index (χ3n) is 4.43. The molecule has 0 unspecified atom stereocenters. The number of nitrogens with one attached hydrogen (secondary N) is 1. The molecule has 3 rings (SSSR count). The van der Waals surface area contributed by atoms with Crippen LogP contribution in [0.1, 0.15) is 16.7 Å². The molecule has 1 N–H and O–H groups in total. The molecule has 1 atom stereocenters. The normalized spacial score (nSPS) is 15.9. The lowest BCUT2D eigenvalue weighted by Crippen LogP contribution is -2.38. The van der Waals surface area contributed by atoms with Gasteiger partial charge in [0, 0.05) is 11.6 Å². The highest BCUT2D eigenvalue weighted by molar-refractivity contribution is 6.30. The topological polar surface area (TPSA) is 47.6 Å². The Morgan fingerprint density at radius 3 is 2.96 bits per heavy atom. The average Bonchev–Trinajstić information content (AvgIpc) is 2.61. The zero-order valence-electron chi connectivity index (χ0n) is 14.5. The summed E-state index contributed by atoms with van der Waals surface area (Å²) in [5.74, 6) is 1.49. The summed E-state index contributed by atoms with van der Waals surface area (Å²) < 4.78 is 11.1. The molecule has 0 aliphatic carbocycles. The van der Waals surface area contributed by atoms with Crippen molar-refractivity contribution in [3.63, 3.8) is 0 Å². The number of carbonyl (C=O) groups excluding carboxylic acids is 1. The lowest BCUT2D eigenvalue weighted by Gasteiger charge is -2.24. The first-order valence-electron chi connectivity index (χ1n) is 8.39. The number of amides is 1. The Balaban J connectivity index is 1.56. The van der Waals surface area contributed by atoms with Gasteiger partial charge in [0.15, 0.2) is 0 Å². The van der Waals surface area contributed by atoms with Gasteiger partial charge >= 0.3 is 0 Å². The van der Waals surface area contributed by atoms with E-state index in [4.69, 9.17) is 21.1 Å². The van der Waals surface area contributed by atoms with Crippen LogP contribution in [0.4, 0.5) is 0 Å². The molecule has 0 spiro atoms. The molecule has 1 amide bonds. The molecule has 4 nitrogen and oxygen atoms in total. The zero-order valence-corrected chi connectivity index (χ0v) is 15.2. The summed E-state index contributed by atoms with van der Waals surface area (Å²) in [6.45, 7) is 3.01. The van der Waals surface area contributed by atoms with Crippen molar-refractivity contribution < 1.29 is 14.3 Å². The van der Waals surface area contributed by atoms with Crippen molar-refractivity contribution in [2.24, 2.45) is 5.92 Å². The van der Waals surface area contributed by atoms with Gasteiger partial charge in [-0.05, 0) is 55.2 Å². The predicted octanol–water partition coefficient (Wildman–Crippen LogP) is 3.57. The van der Waals surface area contributed by atoms with Gasteiger partial charge in [-0.1, -0.05) is 29.3 Å². The number of rotatable bonds is 5. The minimum atomic E-state index is -0.189. The van der Waals surface area contributed by atoms with Gasteiger partial charge in [-0.25, -0.2) is 0 Å². The lowest BCUT2D eigenvalue weighted by atomic mass is 9.96. The minimum Gasteiger partial charge on any atom is -0.496 e. The van der Waals surface area contributed by atoms with Gasteiger partial charge in [-0.2, -0.15) is 0 Å². The Kier molecular flexibility index (Phi) is 5.49. The van der Waals surface area contributed by atoms with Gasteiger partial charge in [-0.15, -0.1) is 0 Å². The first-order valence-corrected chi connectivity index (χ1v) is 8.77. The Morgan fingerprint density at radius 1 is 1.32 bits per heavy atom. The maximum Gasteiger partial charge on any atom is 0.226 e. The summed E-state index contributed by atoms with van der Waals surface area (Å²) >= 11 is 6.03. The maximum atomic E-state index is 12.4. The second-order valence-corrected chi connectivity index (χ2v) is 6.76. The second-order valence-electron chi connectivity index (χ2n) is 6.32. The molecule has 0 aromatic heterocycles. The summed E-state index contributed by atoms with van der Waals surface area (Å²) in [7, 11) is 1.66. The van der Waals surface area contributed by atoms with Gasteiger partial charge in [-0.3, -0.25) is 4.79 Å². The first kappa shape index (κ1) is 17.6. The summed E-state index contributed by atoms with van der Waals surface area (Å²) in [5.41, 5.74) is 3.26. The van der Waals surface area contributed by atoms with Gasteiger partial charge in [0.2, 0.25) is 5.91 Å².